The second-order valence-electron chi connectivity index (χ2n) is 6.86. The smallest absolute Gasteiger partial charge is 0.254 e. The molecule has 2 aromatic rings. The van der Waals surface area contributed by atoms with Crippen molar-refractivity contribution in [2.24, 2.45) is 5.92 Å². The van der Waals surface area contributed by atoms with Gasteiger partial charge in [0.05, 0.1) is 11.6 Å². The van der Waals surface area contributed by atoms with Gasteiger partial charge in [-0.1, -0.05) is 32.5 Å². The quantitative estimate of drug-likeness (QED) is 0.846. The molecule has 0 bridgehead atoms. The lowest BCUT2D eigenvalue weighted by Gasteiger charge is -2.26. The predicted molar refractivity (Wildman–Crippen MR) is 94.3 cm³/mol. The van der Waals surface area contributed by atoms with E-state index in [1.807, 2.05) is 20.8 Å². The molecule has 6 nitrogen and oxygen atoms in total. The van der Waals surface area contributed by atoms with E-state index in [9.17, 15) is 9.59 Å². The van der Waals surface area contributed by atoms with E-state index in [-0.39, 0.29) is 22.8 Å². The third kappa shape index (κ3) is 3.51. The lowest BCUT2D eigenvalue weighted by Crippen LogP contribution is -2.37. The molecule has 1 aliphatic heterocycles. The highest BCUT2D eigenvalue weighted by Crippen LogP contribution is 2.28. The van der Waals surface area contributed by atoms with Crippen LogP contribution in [0.4, 0.5) is 5.69 Å². The Kier molecular flexibility index (Phi) is 4.45. The van der Waals surface area contributed by atoms with E-state index in [1.165, 1.54) is 11.8 Å². The van der Waals surface area contributed by atoms with Crippen LogP contribution in [-0.2, 0) is 16.8 Å². The zero-order valence-electron chi connectivity index (χ0n) is 13.9. The molecule has 3 rings (SSSR count). The van der Waals surface area contributed by atoms with E-state index >= 15 is 0 Å². The zero-order valence-corrected chi connectivity index (χ0v) is 14.8. The highest BCUT2D eigenvalue weighted by molar-refractivity contribution is 7.99. The average Bonchev–Trinajstić information content (AvgIpc) is 2.54. The van der Waals surface area contributed by atoms with Crippen LogP contribution in [-0.4, -0.2) is 26.2 Å². The molecule has 0 fully saturated rings. The van der Waals surface area contributed by atoms with Gasteiger partial charge in [-0.2, -0.15) is 0 Å². The minimum atomic E-state index is -0.268. The summed E-state index contributed by atoms with van der Waals surface area (Å²) in [7, 11) is 0. The maximum atomic E-state index is 12.4. The molecule has 1 N–H and O–H groups in total. The molecular formula is C17H20N4O2S. The molecule has 0 spiro atoms. The molecule has 7 heteroatoms. The normalized spacial score (nSPS) is 17.2. The molecule has 0 aliphatic carbocycles. The van der Waals surface area contributed by atoms with Gasteiger partial charge in [0.1, 0.15) is 0 Å². The number of hydrogen-bond donors (Lipinski definition) is 1. The van der Waals surface area contributed by atoms with E-state index in [0.717, 1.165) is 5.69 Å². The third-order valence-corrected chi connectivity index (χ3v) is 5.02. The number of pyridine rings is 1. The molecule has 1 amide bonds. The fourth-order valence-electron chi connectivity index (χ4n) is 2.43. The second kappa shape index (κ2) is 6.39. The maximum Gasteiger partial charge on any atom is 0.254 e. The van der Waals surface area contributed by atoms with Gasteiger partial charge in [-0.15, -0.1) is 0 Å². The van der Waals surface area contributed by atoms with Crippen LogP contribution in [0.5, 0.6) is 0 Å². The van der Waals surface area contributed by atoms with Crippen LogP contribution in [0.15, 0.2) is 40.5 Å². The van der Waals surface area contributed by atoms with Gasteiger partial charge in [0.2, 0.25) is 5.91 Å². The monoisotopic (exact) mass is 344 g/mol. The lowest BCUT2D eigenvalue weighted by molar-refractivity contribution is -0.119. The summed E-state index contributed by atoms with van der Waals surface area (Å²) < 4.78 is 1.60. The van der Waals surface area contributed by atoms with Crippen molar-refractivity contribution in [3.63, 3.8) is 0 Å². The van der Waals surface area contributed by atoms with Crippen molar-refractivity contribution in [1.29, 1.82) is 0 Å². The second-order valence-corrected chi connectivity index (χ2v) is 7.84. The van der Waals surface area contributed by atoms with Gasteiger partial charge < -0.3 is 5.32 Å². The highest BCUT2D eigenvalue weighted by atomic mass is 32.2. The van der Waals surface area contributed by atoms with Crippen LogP contribution in [0.1, 0.15) is 26.5 Å². The molecule has 126 valence electrons. The lowest BCUT2D eigenvalue weighted by atomic mass is 9.92. The molecule has 24 heavy (non-hydrogen) atoms. The van der Waals surface area contributed by atoms with Crippen molar-refractivity contribution in [2.45, 2.75) is 37.9 Å². The van der Waals surface area contributed by atoms with E-state index in [0.29, 0.717) is 23.1 Å². The van der Waals surface area contributed by atoms with Crippen molar-refractivity contribution in [2.75, 3.05) is 11.1 Å². The maximum absolute atomic E-state index is 12.4. The number of amides is 1. The zero-order chi connectivity index (χ0) is 17.3. The molecule has 0 aromatic carbocycles. The minimum Gasteiger partial charge on any atom is -0.326 e. The van der Waals surface area contributed by atoms with Crippen LogP contribution in [0.25, 0.3) is 0 Å². The van der Waals surface area contributed by atoms with Crippen LogP contribution in [0.2, 0.25) is 0 Å². The molecule has 3 heterocycles. The highest BCUT2D eigenvalue weighted by Gasteiger charge is 2.28. The summed E-state index contributed by atoms with van der Waals surface area (Å²) in [5.41, 5.74) is 1.22. The van der Waals surface area contributed by atoms with Gasteiger partial charge in [0.25, 0.3) is 5.56 Å². The van der Waals surface area contributed by atoms with Gasteiger partial charge in [0.15, 0.2) is 5.16 Å². The Hall–Kier alpha value is -2.15. The Morgan fingerprint density at radius 1 is 1.33 bits per heavy atom. The summed E-state index contributed by atoms with van der Waals surface area (Å²) in [6, 6.07) is 5.06. The molecule has 0 unspecified atom stereocenters. The first kappa shape index (κ1) is 16.7. The van der Waals surface area contributed by atoms with Gasteiger partial charge in [-0.05, 0) is 12.1 Å². The molecule has 1 atom stereocenters. The number of carbonyl (C=O) groups is 1. The molecule has 0 saturated heterocycles. The van der Waals surface area contributed by atoms with Crippen LogP contribution in [0.3, 0.4) is 0 Å². The van der Waals surface area contributed by atoms with Gasteiger partial charge in [0, 0.05) is 41.9 Å². The Bertz CT molecular complexity index is 812. The Labute approximate surface area is 144 Å². The summed E-state index contributed by atoms with van der Waals surface area (Å²) in [5, 5.41) is 3.56. The molecule has 2 aromatic heterocycles. The van der Waals surface area contributed by atoms with Crippen molar-refractivity contribution >= 4 is 23.4 Å². The number of nitrogens with one attached hydrogen (secondary N) is 1. The Morgan fingerprint density at radius 3 is 2.71 bits per heavy atom. The van der Waals surface area contributed by atoms with Crippen molar-refractivity contribution in [1.82, 2.24) is 14.5 Å². The third-order valence-electron chi connectivity index (χ3n) is 3.88. The van der Waals surface area contributed by atoms with E-state index in [1.54, 1.807) is 35.2 Å². The largest absolute Gasteiger partial charge is 0.326 e. The average molecular weight is 344 g/mol. The molecule has 1 aliphatic rings. The number of thioether (sulfide) groups is 1. The topological polar surface area (TPSA) is 76.9 Å². The molecular weight excluding hydrogens is 324 g/mol. The number of carbonyl (C=O) groups excluding carboxylic acids is 1. The number of hydrogen-bond acceptors (Lipinski definition) is 5. The van der Waals surface area contributed by atoms with E-state index in [4.69, 9.17) is 0 Å². The van der Waals surface area contributed by atoms with Gasteiger partial charge >= 0.3 is 0 Å². The number of fused-ring (bicyclic) bond motifs is 1. The molecule has 0 radical (unpaired) electrons. The van der Waals surface area contributed by atoms with Crippen LogP contribution >= 0.6 is 11.8 Å². The van der Waals surface area contributed by atoms with Crippen molar-refractivity contribution in [3.8, 4) is 0 Å². The Balaban J connectivity index is 1.80. The first-order valence-corrected chi connectivity index (χ1v) is 8.79. The summed E-state index contributed by atoms with van der Waals surface area (Å²) in [6.07, 6.45) is 3.26. The summed E-state index contributed by atoms with van der Waals surface area (Å²) in [6.45, 7) is 6.45. The number of aromatic nitrogens is 3. The summed E-state index contributed by atoms with van der Waals surface area (Å²) in [5.74, 6) is 0.249. The van der Waals surface area contributed by atoms with E-state index < -0.39 is 0 Å². The standard InChI is InChI=1S/C17H20N4O2S/c1-17(2,3)13-8-14(22)21-9-11(10-24-16(21)20-13)15(23)19-12-4-6-18-7-5-12/h4-8,11H,9-10H2,1-3H3,(H,18,19,23)/t11-/m1/s1. The fourth-order valence-corrected chi connectivity index (χ4v) is 3.52. The fraction of sp³-hybridized carbons (Fsp3) is 0.412. The van der Waals surface area contributed by atoms with Crippen LogP contribution in [0, 0.1) is 5.92 Å². The summed E-state index contributed by atoms with van der Waals surface area (Å²) >= 11 is 1.46. The number of nitrogens with zero attached hydrogens (tertiary/aromatic N) is 3. The van der Waals surface area contributed by atoms with Gasteiger partial charge in [-0.3, -0.25) is 19.1 Å². The molecule has 0 saturated carbocycles. The van der Waals surface area contributed by atoms with Crippen molar-refractivity contribution in [3.05, 3.63) is 46.6 Å². The minimum absolute atomic E-state index is 0.0915. The van der Waals surface area contributed by atoms with Crippen molar-refractivity contribution < 1.29 is 4.79 Å². The van der Waals surface area contributed by atoms with Gasteiger partial charge in [-0.25, -0.2) is 4.98 Å². The first-order chi connectivity index (χ1) is 11.3. The number of rotatable bonds is 2. The Morgan fingerprint density at radius 2 is 2.04 bits per heavy atom. The van der Waals surface area contributed by atoms with E-state index in [2.05, 4.69) is 15.3 Å². The predicted octanol–water partition coefficient (Wildman–Crippen LogP) is 2.30. The first-order valence-electron chi connectivity index (χ1n) is 7.80. The SMILES string of the molecule is CC(C)(C)c1cc(=O)n2c(n1)SC[C@H](C(=O)Nc1ccncc1)C2. The number of anilines is 1. The van der Waals surface area contributed by atoms with Crippen LogP contribution < -0.4 is 10.9 Å². The summed E-state index contributed by atoms with van der Waals surface area (Å²) in [4.78, 5) is 33.4.